The molecule has 1 aromatic heterocycles. The van der Waals surface area contributed by atoms with Gasteiger partial charge in [0, 0.05) is 10.0 Å². The number of nitrogens with two attached hydrogens (primary N) is 1. The SMILES string of the molecule is COc1nc(N)nc(NC(C)c2ccc(Cl)cc2Cl)n1. The molecule has 0 aliphatic heterocycles. The van der Waals surface area contributed by atoms with E-state index in [1.54, 1.807) is 12.1 Å². The van der Waals surface area contributed by atoms with E-state index < -0.39 is 0 Å². The molecule has 0 aliphatic rings. The number of aromatic nitrogens is 3. The molecule has 6 nitrogen and oxygen atoms in total. The second kappa shape index (κ2) is 6.11. The molecule has 1 unspecified atom stereocenters. The summed E-state index contributed by atoms with van der Waals surface area (Å²) in [5, 5.41) is 4.23. The van der Waals surface area contributed by atoms with E-state index >= 15 is 0 Å². The zero-order valence-corrected chi connectivity index (χ0v) is 12.4. The Bertz CT molecular complexity index is 623. The van der Waals surface area contributed by atoms with Crippen molar-refractivity contribution in [2.45, 2.75) is 13.0 Å². The molecule has 0 aliphatic carbocycles. The minimum atomic E-state index is -0.133. The summed E-state index contributed by atoms with van der Waals surface area (Å²) in [6.07, 6.45) is 0. The van der Waals surface area contributed by atoms with Crippen molar-refractivity contribution >= 4 is 35.1 Å². The number of anilines is 2. The van der Waals surface area contributed by atoms with Crippen LogP contribution in [0.2, 0.25) is 10.0 Å². The Balaban J connectivity index is 2.22. The summed E-state index contributed by atoms with van der Waals surface area (Å²) >= 11 is 12.0. The molecule has 1 atom stereocenters. The third-order valence-electron chi connectivity index (χ3n) is 2.59. The standard InChI is InChI=1S/C12H13Cl2N5O/c1-6(8-4-3-7(13)5-9(8)14)16-11-17-10(15)18-12(19-11)20-2/h3-6H,1-2H3,(H3,15,16,17,18,19). The van der Waals surface area contributed by atoms with Gasteiger partial charge in [-0.15, -0.1) is 0 Å². The van der Waals surface area contributed by atoms with Crippen molar-refractivity contribution in [1.82, 2.24) is 15.0 Å². The van der Waals surface area contributed by atoms with Gasteiger partial charge in [-0.2, -0.15) is 15.0 Å². The Morgan fingerprint density at radius 2 is 2.00 bits per heavy atom. The first-order valence-corrected chi connectivity index (χ1v) is 6.52. The number of nitrogens with zero attached hydrogens (tertiary/aromatic N) is 3. The summed E-state index contributed by atoms with van der Waals surface area (Å²) < 4.78 is 4.94. The van der Waals surface area contributed by atoms with Crippen LogP contribution < -0.4 is 15.8 Å². The number of hydrogen-bond acceptors (Lipinski definition) is 6. The van der Waals surface area contributed by atoms with Gasteiger partial charge >= 0.3 is 6.01 Å². The van der Waals surface area contributed by atoms with E-state index in [0.29, 0.717) is 16.0 Å². The number of nitrogens with one attached hydrogen (secondary N) is 1. The van der Waals surface area contributed by atoms with Crippen LogP contribution in [0.1, 0.15) is 18.5 Å². The highest BCUT2D eigenvalue weighted by molar-refractivity contribution is 6.35. The highest BCUT2D eigenvalue weighted by Gasteiger charge is 2.13. The van der Waals surface area contributed by atoms with E-state index in [1.165, 1.54) is 7.11 Å². The molecule has 3 N–H and O–H groups in total. The van der Waals surface area contributed by atoms with Crippen LogP contribution in [0.3, 0.4) is 0 Å². The predicted octanol–water partition coefficient (Wildman–Crippen LogP) is 2.94. The molecule has 8 heteroatoms. The smallest absolute Gasteiger partial charge is 0.322 e. The summed E-state index contributed by atoms with van der Waals surface area (Å²) in [4.78, 5) is 11.9. The molecule has 20 heavy (non-hydrogen) atoms. The van der Waals surface area contributed by atoms with Gasteiger partial charge in [0.15, 0.2) is 0 Å². The fourth-order valence-corrected chi connectivity index (χ4v) is 2.22. The van der Waals surface area contributed by atoms with Crippen LogP contribution in [0.25, 0.3) is 0 Å². The van der Waals surface area contributed by atoms with E-state index in [9.17, 15) is 0 Å². The number of halogens is 2. The molecule has 0 radical (unpaired) electrons. The number of ether oxygens (including phenoxy) is 1. The van der Waals surface area contributed by atoms with Crippen LogP contribution in [0, 0.1) is 0 Å². The molecule has 1 aromatic carbocycles. The Morgan fingerprint density at radius 1 is 1.25 bits per heavy atom. The molecule has 106 valence electrons. The molecule has 0 bridgehead atoms. The average molecular weight is 314 g/mol. The van der Waals surface area contributed by atoms with Crippen LogP contribution in [0.4, 0.5) is 11.9 Å². The first-order valence-electron chi connectivity index (χ1n) is 5.76. The van der Waals surface area contributed by atoms with Crippen molar-refractivity contribution in [3.8, 4) is 6.01 Å². The lowest BCUT2D eigenvalue weighted by molar-refractivity contribution is 0.379. The lowest BCUT2D eigenvalue weighted by atomic mass is 10.1. The van der Waals surface area contributed by atoms with Crippen LogP contribution in [0.15, 0.2) is 18.2 Å². The summed E-state index contributed by atoms with van der Waals surface area (Å²) in [5.74, 6) is 0.390. The minimum absolute atomic E-state index is 0.0775. The average Bonchev–Trinajstić information content (AvgIpc) is 2.37. The number of benzene rings is 1. The zero-order valence-electron chi connectivity index (χ0n) is 10.9. The van der Waals surface area contributed by atoms with Crippen LogP contribution in [0.5, 0.6) is 6.01 Å². The Hall–Kier alpha value is -1.79. The highest BCUT2D eigenvalue weighted by Crippen LogP contribution is 2.28. The summed E-state index contributed by atoms with van der Waals surface area (Å²) in [7, 11) is 1.46. The van der Waals surface area contributed by atoms with Crippen molar-refractivity contribution in [1.29, 1.82) is 0 Å². The van der Waals surface area contributed by atoms with Crippen molar-refractivity contribution in [2.24, 2.45) is 0 Å². The molecule has 2 rings (SSSR count). The molecule has 0 saturated heterocycles. The van der Waals surface area contributed by atoms with Gasteiger partial charge in [-0.05, 0) is 24.6 Å². The molecule has 0 fully saturated rings. The van der Waals surface area contributed by atoms with Crippen molar-refractivity contribution < 1.29 is 4.74 Å². The van der Waals surface area contributed by atoms with Crippen molar-refractivity contribution in [3.63, 3.8) is 0 Å². The maximum Gasteiger partial charge on any atom is 0.322 e. The van der Waals surface area contributed by atoms with E-state index in [4.69, 9.17) is 33.7 Å². The number of rotatable bonds is 4. The zero-order chi connectivity index (χ0) is 14.7. The molecule has 2 aromatic rings. The second-order valence-corrected chi connectivity index (χ2v) is 4.88. The van der Waals surface area contributed by atoms with E-state index in [-0.39, 0.29) is 18.0 Å². The van der Waals surface area contributed by atoms with Crippen molar-refractivity contribution in [3.05, 3.63) is 33.8 Å². The molecule has 1 heterocycles. The first-order chi connectivity index (χ1) is 9.49. The monoisotopic (exact) mass is 313 g/mol. The van der Waals surface area contributed by atoms with E-state index in [0.717, 1.165) is 5.56 Å². The Morgan fingerprint density at radius 3 is 2.65 bits per heavy atom. The topological polar surface area (TPSA) is 86.0 Å². The van der Waals surface area contributed by atoms with Gasteiger partial charge in [-0.1, -0.05) is 29.3 Å². The van der Waals surface area contributed by atoms with Crippen LogP contribution in [-0.2, 0) is 0 Å². The highest BCUT2D eigenvalue weighted by atomic mass is 35.5. The fourth-order valence-electron chi connectivity index (χ4n) is 1.65. The van der Waals surface area contributed by atoms with Gasteiger partial charge < -0.3 is 15.8 Å². The third kappa shape index (κ3) is 3.40. The lowest BCUT2D eigenvalue weighted by Crippen LogP contribution is -2.12. The maximum absolute atomic E-state index is 6.15. The van der Waals surface area contributed by atoms with Crippen LogP contribution >= 0.6 is 23.2 Å². The van der Waals surface area contributed by atoms with Gasteiger partial charge in [0.05, 0.1) is 13.2 Å². The van der Waals surface area contributed by atoms with Gasteiger partial charge in [-0.3, -0.25) is 0 Å². The van der Waals surface area contributed by atoms with Crippen LogP contribution in [-0.4, -0.2) is 22.1 Å². The van der Waals surface area contributed by atoms with Gasteiger partial charge in [0.25, 0.3) is 0 Å². The lowest BCUT2D eigenvalue weighted by Gasteiger charge is -2.16. The van der Waals surface area contributed by atoms with Gasteiger partial charge in [0.1, 0.15) is 0 Å². The summed E-state index contributed by atoms with van der Waals surface area (Å²) in [6, 6.07) is 5.30. The molecule has 0 spiro atoms. The molecule has 0 amide bonds. The third-order valence-corrected chi connectivity index (χ3v) is 3.15. The maximum atomic E-state index is 6.15. The Kier molecular flexibility index (Phi) is 4.46. The number of nitrogen functional groups attached to an aromatic ring is 1. The van der Waals surface area contributed by atoms with Gasteiger partial charge in [0.2, 0.25) is 11.9 Å². The normalized spacial score (nSPS) is 12.0. The van der Waals surface area contributed by atoms with E-state index in [1.807, 2.05) is 13.0 Å². The number of methoxy groups -OCH3 is 1. The van der Waals surface area contributed by atoms with Crippen molar-refractivity contribution in [2.75, 3.05) is 18.2 Å². The Labute approximate surface area is 126 Å². The second-order valence-electron chi connectivity index (χ2n) is 4.04. The molecular formula is C12H13Cl2N5O. The predicted molar refractivity (Wildman–Crippen MR) is 79.3 cm³/mol. The first kappa shape index (κ1) is 14.6. The molecular weight excluding hydrogens is 301 g/mol. The largest absolute Gasteiger partial charge is 0.467 e. The molecule has 0 saturated carbocycles. The number of hydrogen-bond donors (Lipinski definition) is 2. The fraction of sp³-hybridized carbons (Fsp3) is 0.250. The van der Waals surface area contributed by atoms with E-state index in [2.05, 4.69) is 20.3 Å². The quantitative estimate of drug-likeness (QED) is 0.902. The summed E-state index contributed by atoms with van der Waals surface area (Å²) in [6.45, 7) is 1.92. The van der Waals surface area contributed by atoms with Gasteiger partial charge in [-0.25, -0.2) is 0 Å². The summed E-state index contributed by atoms with van der Waals surface area (Å²) in [5.41, 5.74) is 6.44. The minimum Gasteiger partial charge on any atom is -0.467 e.